The van der Waals surface area contributed by atoms with E-state index in [4.69, 9.17) is 9.90 Å². The molecule has 0 spiro atoms. The van der Waals surface area contributed by atoms with E-state index in [1.165, 1.54) is 0 Å². The first-order chi connectivity index (χ1) is 15.3. The number of aromatic amines is 1. The van der Waals surface area contributed by atoms with E-state index in [1.807, 2.05) is 6.92 Å². The lowest BCUT2D eigenvalue weighted by atomic mass is 9.72. The second kappa shape index (κ2) is 10.9. The highest BCUT2D eigenvalue weighted by atomic mass is 16.3. The number of amides is 2. The zero-order valence-electron chi connectivity index (χ0n) is 19.3. The monoisotopic (exact) mass is 448 g/mol. The fourth-order valence-corrected chi connectivity index (χ4v) is 5.58. The molecule has 0 radical (unpaired) electrons. The summed E-state index contributed by atoms with van der Waals surface area (Å²) in [4.78, 5) is 42.6. The molecule has 0 saturated carbocycles. The first-order valence-corrected chi connectivity index (χ1v) is 11.6. The predicted octanol–water partition coefficient (Wildman–Crippen LogP) is 1.18. The Morgan fingerprint density at radius 3 is 2.72 bits per heavy atom. The molecule has 2 amide bonds. The molecular weight excluding hydrogens is 412 g/mol. The molecule has 4 rings (SSSR count). The summed E-state index contributed by atoms with van der Waals surface area (Å²) in [5.41, 5.74) is 0. The molecule has 3 aliphatic rings. The number of nitrogens with one attached hydrogen (secondary N) is 2. The van der Waals surface area contributed by atoms with Gasteiger partial charge in [-0.1, -0.05) is 13.8 Å². The van der Waals surface area contributed by atoms with E-state index in [-0.39, 0.29) is 24.3 Å². The van der Waals surface area contributed by atoms with Gasteiger partial charge in [-0.05, 0) is 43.9 Å². The molecule has 3 saturated heterocycles. The van der Waals surface area contributed by atoms with Crippen LogP contribution in [0.1, 0.15) is 57.6 Å². The number of carboxylic acid groups (broad SMARTS) is 1. The smallest absolute Gasteiger partial charge is 0.290 e. The van der Waals surface area contributed by atoms with Crippen LogP contribution in [0.5, 0.6) is 0 Å². The molecule has 1 aromatic heterocycles. The molecule has 0 aliphatic carbocycles. The maximum Gasteiger partial charge on any atom is 0.290 e. The molecule has 3 aliphatic heterocycles. The lowest BCUT2D eigenvalue weighted by Gasteiger charge is -2.56. The maximum atomic E-state index is 12.8. The molecule has 1 aromatic rings. The lowest BCUT2D eigenvalue weighted by molar-refractivity contribution is -0.153. The lowest BCUT2D eigenvalue weighted by Crippen LogP contribution is -2.67. The third-order valence-electron chi connectivity index (χ3n) is 6.68. The number of nitrogens with zero attached hydrogens (tertiary/aromatic N) is 4. The molecule has 2 bridgehead atoms. The Balaban J connectivity index is 0.000000913. The van der Waals surface area contributed by atoms with Crippen molar-refractivity contribution in [1.82, 2.24) is 30.3 Å². The van der Waals surface area contributed by atoms with Crippen LogP contribution in [0.15, 0.2) is 0 Å². The average Bonchev–Trinajstić information content (AvgIpc) is 3.13. The summed E-state index contributed by atoms with van der Waals surface area (Å²) < 4.78 is 0. The van der Waals surface area contributed by atoms with Gasteiger partial charge < -0.3 is 15.3 Å². The quantitative estimate of drug-likeness (QED) is 0.557. The number of fused-ring (bicyclic) bond motifs is 4. The number of H-pyrrole nitrogens is 1. The Morgan fingerprint density at radius 1 is 1.34 bits per heavy atom. The van der Waals surface area contributed by atoms with Gasteiger partial charge in [0.2, 0.25) is 11.8 Å². The third-order valence-corrected chi connectivity index (χ3v) is 6.68. The van der Waals surface area contributed by atoms with Crippen molar-refractivity contribution in [2.24, 2.45) is 17.8 Å². The molecule has 4 heterocycles. The van der Waals surface area contributed by atoms with E-state index < -0.39 is 0 Å². The van der Waals surface area contributed by atoms with Gasteiger partial charge in [0, 0.05) is 38.5 Å². The number of carbonyl (C=O) groups excluding carboxylic acids is 2. The summed E-state index contributed by atoms with van der Waals surface area (Å²) >= 11 is 0. The van der Waals surface area contributed by atoms with Gasteiger partial charge in [0.1, 0.15) is 5.82 Å². The minimum Gasteiger partial charge on any atom is -0.483 e. The van der Waals surface area contributed by atoms with Crippen LogP contribution in [0.2, 0.25) is 0 Å². The van der Waals surface area contributed by atoms with E-state index in [0.29, 0.717) is 43.2 Å². The number of piperidine rings is 3. The number of aromatic nitrogens is 3. The van der Waals surface area contributed by atoms with Crippen molar-refractivity contribution in [2.75, 3.05) is 19.6 Å². The predicted molar refractivity (Wildman–Crippen MR) is 117 cm³/mol. The molecular formula is C22H36N6O4. The third kappa shape index (κ3) is 5.85. The van der Waals surface area contributed by atoms with Crippen molar-refractivity contribution in [1.29, 1.82) is 0 Å². The van der Waals surface area contributed by atoms with Gasteiger partial charge in [0.25, 0.3) is 6.47 Å². The molecule has 32 heavy (non-hydrogen) atoms. The summed E-state index contributed by atoms with van der Waals surface area (Å²) in [6, 6.07) is 0.396. The Bertz CT molecular complexity index is 797. The van der Waals surface area contributed by atoms with Crippen LogP contribution >= 0.6 is 0 Å². The average molecular weight is 449 g/mol. The van der Waals surface area contributed by atoms with Crippen LogP contribution in [-0.4, -0.2) is 80.1 Å². The van der Waals surface area contributed by atoms with Gasteiger partial charge in [-0.25, -0.2) is 4.98 Å². The first-order valence-electron chi connectivity index (χ1n) is 11.6. The number of rotatable bonds is 6. The first kappa shape index (κ1) is 24.2. The number of likely N-dealkylation sites (tertiary alicyclic amines) is 1. The second-order valence-electron chi connectivity index (χ2n) is 9.62. The molecule has 3 N–H and O–H groups in total. The molecule has 4 atom stereocenters. The molecule has 10 nitrogen and oxygen atoms in total. The SMILES string of the molecule is Cc1nc(CN2C[C@H]3C[C@@H](C2)[C@H](CNC(=O)CC(C)C)N2C(=O)CCC[C@@H]32)n[nH]1.O=CO. The van der Waals surface area contributed by atoms with Gasteiger partial charge >= 0.3 is 0 Å². The van der Waals surface area contributed by atoms with Crippen LogP contribution in [0.3, 0.4) is 0 Å². The van der Waals surface area contributed by atoms with E-state index in [9.17, 15) is 9.59 Å². The van der Waals surface area contributed by atoms with Crippen molar-refractivity contribution >= 4 is 18.3 Å². The van der Waals surface area contributed by atoms with Crippen molar-refractivity contribution in [3.05, 3.63) is 11.6 Å². The van der Waals surface area contributed by atoms with Crippen LogP contribution < -0.4 is 5.32 Å². The van der Waals surface area contributed by atoms with Crippen molar-refractivity contribution in [3.8, 4) is 0 Å². The maximum absolute atomic E-state index is 12.8. The van der Waals surface area contributed by atoms with Gasteiger partial charge in [-0.2, -0.15) is 5.10 Å². The topological polar surface area (TPSA) is 132 Å². The fraction of sp³-hybridized carbons (Fsp3) is 0.773. The highest BCUT2D eigenvalue weighted by molar-refractivity contribution is 5.78. The van der Waals surface area contributed by atoms with Crippen LogP contribution in [0.4, 0.5) is 0 Å². The molecule has 0 aromatic carbocycles. The summed E-state index contributed by atoms with van der Waals surface area (Å²) in [5.74, 6) is 3.26. The largest absolute Gasteiger partial charge is 0.483 e. The highest BCUT2D eigenvalue weighted by Crippen LogP contribution is 2.41. The Kier molecular flexibility index (Phi) is 8.22. The van der Waals surface area contributed by atoms with Gasteiger partial charge in [-0.15, -0.1) is 0 Å². The second-order valence-corrected chi connectivity index (χ2v) is 9.62. The Hall–Kier alpha value is -2.49. The number of aryl methyl sites for hydroxylation is 1. The number of hydrogen-bond donors (Lipinski definition) is 3. The van der Waals surface area contributed by atoms with Crippen LogP contribution in [-0.2, 0) is 20.9 Å². The minimum absolute atomic E-state index is 0.0898. The van der Waals surface area contributed by atoms with E-state index in [2.05, 4.69) is 44.1 Å². The van der Waals surface area contributed by atoms with Gasteiger partial charge in [0.15, 0.2) is 5.82 Å². The minimum atomic E-state index is -0.250. The Morgan fingerprint density at radius 2 is 2.06 bits per heavy atom. The zero-order chi connectivity index (χ0) is 23.3. The van der Waals surface area contributed by atoms with Crippen molar-refractivity contribution in [3.63, 3.8) is 0 Å². The number of hydrogen-bond acceptors (Lipinski definition) is 6. The van der Waals surface area contributed by atoms with Crippen LogP contribution in [0.25, 0.3) is 0 Å². The molecule has 0 unspecified atom stereocenters. The van der Waals surface area contributed by atoms with Gasteiger partial charge in [-0.3, -0.25) is 24.4 Å². The summed E-state index contributed by atoms with van der Waals surface area (Å²) in [7, 11) is 0. The summed E-state index contributed by atoms with van der Waals surface area (Å²) in [5, 5.41) is 17.2. The van der Waals surface area contributed by atoms with Gasteiger partial charge in [0.05, 0.1) is 12.6 Å². The van der Waals surface area contributed by atoms with Crippen molar-refractivity contribution in [2.45, 2.75) is 71.5 Å². The molecule has 178 valence electrons. The Labute approximate surface area is 189 Å². The molecule has 10 heteroatoms. The number of carbonyl (C=O) groups is 3. The fourth-order valence-electron chi connectivity index (χ4n) is 5.58. The van der Waals surface area contributed by atoms with E-state index >= 15 is 0 Å². The van der Waals surface area contributed by atoms with Crippen molar-refractivity contribution < 1.29 is 19.5 Å². The normalized spacial score (nSPS) is 27.4. The highest BCUT2D eigenvalue weighted by Gasteiger charge is 2.49. The zero-order valence-corrected chi connectivity index (χ0v) is 19.3. The van der Waals surface area contributed by atoms with E-state index in [1.54, 1.807) is 0 Å². The van der Waals surface area contributed by atoms with Crippen LogP contribution in [0, 0.1) is 24.7 Å². The standard InChI is InChI=1S/C21H34N6O2.CH2O2/c1-13(2)7-20(28)22-9-18-16-8-15(17-5-4-6-21(29)27(17)18)10-26(11-16)12-19-23-14(3)24-25-19;2-1-3/h13,15-18H,4-12H2,1-3H3,(H,22,28)(H,23,24,25);1H,(H,2,3)/t15-,16+,17+,18+;/m1./s1. The summed E-state index contributed by atoms with van der Waals surface area (Å²) in [6.45, 7) is 9.00. The van der Waals surface area contributed by atoms with E-state index in [0.717, 1.165) is 50.5 Å². The summed E-state index contributed by atoms with van der Waals surface area (Å²) in [6.07, 6.45) is 4.38. The molecule has 3 fully saturated rings.